The van der Waals surface area contributed by atoms with Crippen LogP contribution in [0.2, 0.25) is 0 Å². The number of rotatable bonds is 4. The average molecular weight is 258 g/mol. The Kier molecular flexibility index (Phi) is 3.34. The fourth-order valence-electron chi connectivity index (χ4n) is 1.97. The summed E-state index contributed by atoms with van der Waals surface area (Å²) >= 11 is 0. The van der Waals surface area contributed by atoms with Gasteiger partial charge in [0, 0.05) is 12.0 Å². The highest BCUT2D eigenvalue weighted by Crippen LogP contribution is 2.52. The zero-order valence-electron chi connectivity index (χ0n) is 9.67. The zero-order valence-corrected chi connectivity index (χ0v) is 9.67. The highest BCUT2D eigenvalue weighted by atomic mass is 19.4. The number of benzene rings is 1. The van der Waals surface area contributed by atoms with E-state index in [1.54, 1.807) is 12.1 Å². The summed E-state index contributed by atoms with van der Waals surface area (Å²) in [6, 6.07) is 6.08. The van der Waals surface area contributed by atoms with Crippen molar-refractivity contribution in [2.24, 2.45) is 0 Å². The van der Waals surface area contributed by atoms with Crippen LogP contribution in [0, 0.1) is 0 Å². The van der Waals surface area contributed by atoms with Crippen molar-refractivity contribution in [2.75, 3.05) is 13.2 Å². The SMILES string of the molecule is C=CCOc1ccccc1C1(C(F)(F)F)CCO1. The molecule has 1 saturated heterocycles. The maximum atomic E-state index is 13.1. The third-order valence-corrected chi connectivity index (χ3v) is 2.94. The van der Waals surface area contributed by atoms with Crippen LogP contribution < -0.4 is 4.74 Å². The number of hydrogen-bond acceptors (Lipinski definition) is 2. The third kappa shape index (κ3) is 1.99. The summed E-state index contributed by atoms with van der Waals surface area (Å²) in [6.07, 6.45) is -3.04. The van der Waals surface area contributed by atoms with E-state index < -0.39 is 11.8 Å². The first kappa shape index (κ1) is 13.0. The van der Waals surface area contributed by atoms with Crippen LogP contribution in [-0.4, -0.2) is 19.4 Å². The van der Waals surface area contributed by atoms with Crippen LogP contribution in [0.4, 0.5) is 13.2 Å². The number of para-hydroxylation sites is 1. The van der Waals surface area contributed by atoms with Crippen molar-refractivity contribution < 1.29 is 22.6 Å². The molecule has 0 spiro atoms. The lowest BCUT2D eigenvalue weighted by Gasteiger charge is -2.43. The first-order valence-corrected chi connectivity index (χ1v) is 5.55. The van der Waals surface area contributed by atoms with Gasteiger partial charge in [0.05, 0.1) is 6.61 Å². The lowest BCUT2D eigenvalue weighted by Crippen LogP contribution is -2.52. The fourth-order valence-corrected chi connectivity index (χ4v) is 1.97. The van der Waals surface area contributed by atoms with E-state index >= 15 is 0 Å². The summed E-state index contributed by atoms with van der Waals surface area (Å²) in [5.41, 5.74) is -2.18. The van der Waals surface area contributed by atoms with E-state index in [0.717, 1.165) is 0 Å². The van der Waals surface area contributed by atoms with E-state index in [2.05, 4.69) is 6.58 Å². The smallest absolute Gasteiger partial charge is 0.421 e. The Hall–Kier alpha value is -1.49. The van der Waals surface area contributed by atoms with Crippen molar-refractivity contribution in [2.45, 2.75) is 18.2 Å². The molecule has 1 heterocycles. The normalized spacial score (nSPS) is 23.3. The Morgan fingerprint density at radius 1 is 1.39 bits per heavy atom. The van der Waals surface area contributed by atoms with Gasteiger partial charge in [0.15, 0.2) is 5.60 Å². The molecule has 0 bridgehead atoms. The quantitative estimate of drug-likeness (QED) is 0.770. The van der Waals surface area contributed by atoms with Crippen molar-refractivity contribution >= 4 is 0 Å². The summed E-state index contributed by atoms with van der Waals surface area (Å²) in [5, 5.41) is 0. The van der Waals surface area contributed by atoms with E-state index in [1.165, 1.54) is 18.2 Å². The van der Waals surface area contributed by atoms with Gasteiger partial charge in [-0.3, -0.25) is 0 Å². The van der Waals surface area contributed by atoms with Gasteiger partial charge in [-0.15, -0.1) is 0 Å². The van der Waals surface area contributed by atoms with Crippen LogP contribution in [0.3, 0.4) is 0 Å². The molecular formula is C13H13F3O2. The molecule has 1 aliphatic heterocycles. The van der Waals surface area contributed by atoms with Crippen LogP contribution in [-0.2, 0) is 10.3 Å². The summed E-state index contributed by atoms with van der Waals surface area (Å²) in [5.74, 6) is 0.189. The molecule has 2 rings (SSSR count). The molecule has 1 unspecified atom stereocenters. The van der Waals surface area contributed by atoms with Crippen molar-refractivity contribution in [3.05, 3.63) is 42.5 Å². The number of hydrogen-bond donors (Lipinski definition) is 0. The number of alkyl halides is 3. The molecule has 1 aromatic carbocycles. The minimum absolute atomic E-state index is 0.0330. The molecule has 18 heavy (non-hydrogen) atoms. The van der Waals surface area contributed by atoms with Gasteiger partial charge in [-0.2, -0.15) is 13.2 Å². The van der Waals surface area contributed by atoms with Gasteiger partial charge in [0.1, 0.15) is 12.4 Å². The Morgan fingerprint density at radius 3 is 2.56 bits per heavy atom. The van der Waals surface area contributed by atoms with Crippen LogP contribution in [0.25, 0.3) is 0 Å². The molecule has 0 aromatic heterocycles. The second kappa shape index (κ2) is 4.65. The van der Waals surface area contributed by atoms with Gasteiger partial charge < -0.3 is 9.47 Å². The summed E-state index contributed by atoms with van der Waals surface area (Å²) in [7, 11) is 0. The molecule has 1 aliphatic rings. The van der Waals surface area contributed by atoms with Crippen LogP contribution in [0.5, 0.6) is 5.75 Å². The standard InChI is InChI=1S/C13H13F3O2/c1-2-8-17-11-6-4-3-5-10(11)12(7-9-18-12)13(14,15)16/h2-6H,1,7-9H2. The summed E-state index contributed by atoms with van der Waals surface area (Å²) in [6.45, 7) is 3.74. The fraction of sp³-hybridized carbons (Fsp3) is 0.385. The van der Waals surface area contributed by atoms with E-state index in [1.807, 2.05) is 0 Å². The van der Waals surface area contributed by atoms with Crippen LogP contribution in [0.15, 0.2) is 36.9 Å². The van der Waals surface area contributed by atoms with Gasteiger partial charge in [-0.25, -0.2) is 0 Å². The highest BCUT2D eigenvalue weighted by Gasteiger charge is 2.62. The van der Waals surface area contributed by atoms with Crippen LogP contribution in [0.1, 0.15) is 12.0 Å². The summed E-state index contributed by atoms with van der Waals surface area (Å²) < 4.78 is 49.6. The Labute approximate surface area is 103 Å². The Bertz CT molecular complexity index is 436. The lowest BCUT2D eigenvalue weighted by atomic mass is 9.85. The van der Waals surface area contributed by atoms with Gasteiger partial charge in [0.25, 0.3) is 0 Å². The molecule has 1 aromatic rings. The first-order chi connectivity index (χ1) is 8.51. The molecule has 0 N–H and O–H groups in total. The zero-order chi connectivity index (χ0) is 13.2. The lowest BCUT2D eigenvalue weighted by molar-refractivity contribution is -0.333. The van der Waals surface area contributed by atoms with Crippen molar-refractivity contribution in [3.63, 3.8) is 0 Å². The number of ether oxygens (including phenoxy) is 2. The van der Waals surface area contributed by atoms with E-state index in [4.69, 9.17) is 9.47 Å². The Balaban J connectivity index is 2.40. The topological polar surface area (TPSA) is 18.5 Å². The predicted molar refractivity (Wildman–Crippen MR) is 60.4 cm³/mol. The molecule has 98 valence electrons. The molecule has 2 nitrogen and oxygen atoms in total. The van der Waals surface area contributed by atoms with Gasteiger partial charge in [0.2, 0.25) is 0 Å². The molecular weight excluding hydrogens is 245 g/mol. The van der Waals surface area contributed by atoms with Crippen LogP contribution >= 0.6 is 0 Å². The van der Waals surface area contributed by atoms with E-state index in [-0.39, 0.29) is 30.9 Å². The first-order valence-electron chi connectivity index (χ1n) is 5.55. The van der Waals surface area contributed by atoms with E-state index in [9.17, 15) is 13.2 Å². The molecule has 0 amide bonds. The largest absolute Gasteiger partial charge is 0.489 e. The van der Waals surface area contributed by atoms with Crippen molar-refractivity contribution in [3.8, 4) is 5.75 Å². The number of halogens is 3. The second-order valence-corrected chi connectivity index (χ2v) is 4.02. The molecule has 0 saturated carbocycles. The van der Waals surface area contributed by atoms with E-state index in [0.29, 0.717) is 0 Å². The second-order valence-electron chi connectivity index (χ2n) is 4.02. The van der Waals surface area contributed by atoms with Gasteiger partial charge in [-0.1, -0.05) is 30.9 Å². The highest BCUT2D eigenvalue weighted by molar-refractivity contribution is 5.40. The van der Waals surface area contributed by atoms with Crippen molar-refractivity contribution in [1.29, 1.82) is 0 Å². The molecule has 5 heteroatoms. The molecule has 0 radical (unpaired) electrons. The maximum Gasteiger partial charge on any atom is 0.421 e. The van der Waals surface area contributed by atoms with Gasteiger partial charge >= 0.3 is 6.18 Å². The maximum absolute atomic E-state index is 13.1. The third-order valence-electron chi connectivity index (χ3n) is 2.94. The monoisotopic (exact) mass is 258 g/mol. The molecule has 1 fully saturated rings. The molecule has 1 atom stereocenters. The minimum Gasteiger partial charge on any atom is -0.489 e. The Morgan fingerprint density at radius 2 is 2.06 bits per heavy atom. The summed E-state index contributed by atoms with van der Waals surface area (Å²) in [4.78, 5) is 0. The van der Waals surface area contributed by atoms with Crippen molar-refractivity contribution in [1.82, 2.24) is 0 Å². The molecule has 0 aliphatic carbocycles. The predicted octanol–water partition coefficient (Wildman–Crippen LogP) is 3.43. The average Bonchev–Trinajstić information content (AvgIpc) is 2.24. The minimum atomic E-state index is -4.45. The van der Waals surface area contributed by atoms with Gasteiger partial charge in [-0.05, 0) is 6.07 Å².